The van der Waals surface area contributed by atoms with Crippen LogP contribution >= 0.6 is 15.9 Å². The topological polar surface area (TPSA) is 85.1 Å². The van der Waals surface area contributed by atoms with Crippen LogP contribution < -0.4 is 9.47 Å². The third-order valence-electron chi connectivity index (χ3n) is 5.24. The lowest BCUT2D eigenvalue weighted by Gasteiger charge is -2.38. The van der Waals surface area contributed by atoms with Crippen LogP contribution in [0.5, 0.6) is 11.5 Å². The number of aliphatic hydroxyl groups is 1. The number of benzene rings is 2. The second kappa shape index (κ2) is 8.46. The van der Waals surface area contributed by atoms with Crippen LogP contribution in [0, 0.1) is 10.1 Å². The molecule has 3 rings (SSSR count). The second-order valence-corrected chi connectivity index (χ2v) is 7.76. The molecule has 28 heavy (non-hydrogen) atoms. The Labute approximate surface area is 172 Å². The number of hydrogen-bond acceptors (Lipinski definition) is 6. The molecule has 2 aromatic rings. The van der Waals surface area contributed by atoms with Crippen LogP contribution in [0.3, 0.4) is 0 Å². The van der Waals surface area contributed by atoms with E-state index in [9.17, 15) is 15.2 Å². The largest absolute Gasteiger partial charge is 0.497 e. The Kier molecular flexibility index (Phi) is 6.22. The van der Waals surface area contributed by atoms with Crippen LogP contribution in [0.1, 0.15) is 24.0 Å². The van der Waals surface area contributed by atoms with Gasteiger partial charge in [-0.1, -0.05) is 22.0 Å². The van der Waals surface area contributed by atoms with Gasteiger partial charge in [-0.2, -0.15) is 0 Å². The Morgan fingerprint density at radius 1 is 1.18 bits per heavy atom. The van der Waals surface area contributed by atoms with Crippen molar-refractivity contribution in [3.8, 4) is 11.5 Å². The highest BCUT2D eigenvalue weighted by atomic mass is 79.9. The van der Waals surface area contributed by atoms with Gasteiger partial charge in [0.05, 0.1) is 30.3 Å². The summed E-state index contributed by atoms with van der Waals surface area (Å²) in [6, 6.07) is 10.4. The number of nitro groups is 1. The summed E-state index contributed by atoms with van der Waals surface area (Å²) in [6.07, 6.45) is 1.03. The highest BCUT2D eigenvalue weighted by Gasteiger charge is 2.35. The first-order chi connectivity index (χ1) is 13.4. The minimum Gasteiger partial charge on any atom is -0.497 e. The first kappa shape index (κ1) is 20.6. The van der Waals surface area contributed by atoms with Gasteiger partial charge in [-0.3, -0.25) is 15.0 Å². The molecular formula is C20H23BrN2O5. The molecule has 1 fully saturated rings. The highest BCUT2D eigenvalue weighted by molar-refractivity contribution is 9.10. The third-order valence-corrected chi connectivity index (χ3v) is 5.99. The number of likely N-dealkylation sites (tertiary alicyclic amines) is 1. The molecular weight excluding hydrogens is 428 g/mol. The van der Waals surface area contributed by atoms with Gasteiger partial charge in [-0.05, 0) is 36.6 Å². The summed E-state index contributed by atoms with van der Waals surface area (Å²) in [5.74, 6) is 1.27. The van der Waals surface area contributed by atoms with E-state index in [1.807, 2.05) is 18.2 Å². The van der Waals surface area contributed by atoms with Gasteiger partial charge < -0.3 is 14.6 Å². The van der Waals surface area contributed by atoms with Crippen LogP contribution in [-0.4, -0.2) is 42.2 Å². The average Bonchev–Trinajstić information content (AvgIpc) is 2.70. The summed E-state index contributed by atoms with van der Waals surface area (Å²) in [6.45, 7) is 1.69. The van der Waals surface area contributed by atoms with Crippen molar-refractivity contribution < 1.29 is 19.5 Å². The van der Waals surface area contributed by atoms with Crippen molar-refractivity contribution >= 4 is 21.6 Å². The van der Waals surface area contributed by atoms with E-state index in [1.165, 1.54) is 6.07 Å². The van der Waals surface area contributed by atoms with Crippen LogP contribution in [0.15, 0.2) is 40.9 Å². The second-order valence-electron chi connectivity index (χ2n) is 6.90. The number of rotatable bonds is 6. The van der Waals surface area contributed by atoms with Crippen molar-refractivity contribution in [1.29, 1.82) is 0 Å². The van der Waals surface area contributed by atoms with Crippen LogP contribution in [0.2, 0.25) is 0 Å². The number of halogens is 1. The molecule has 7 nitrogen and oxygen atoms in total. The summed E-state index contributed by atoms with van der Waals surface area (Å²) in [7, 11) is 3.16. The minimum absolute atomic E-state index is 0.104. The molecule has 2 aromatic carbocycles. The van der Waals surface area contributed by atoms with Gasteiger partial charge in [0.15, 0.2) is 0 Å². The number of piperidine rings is 1. The Morgan fingerprint density at radius 3 is 2.32 bits per heavy atom. The van der Waals surface area contributed by atoms with Gasteiger partial charge >= 0.3 is 0 Å². The first-order valence-corrected chi connectivity index (χ1v) is 9.75. The van der Waals surface area contributed by atoms with Crippen molar-refractivity contribution in [3.63, 3.8) is 0 Å². The third kappa shape index (κ3) is 4.29. The van der Waals surface area contributed by atoms with E-state index in [-0.39, 0.29) is 10.6 Å². The van der Waals surface area contributed by atoms with E-state index in [2.05, 4.69) is 20.8 Å². The Hall–Kier alpha value is -2.16. The van der Waals surface area contributed by atoms with Crippen molar-refractivity contribution in [2.45, 2.75) is 25.0 Å². The molecule has 0 unspecified atom stereocenters. The summed E-state index contributed by atoms with van der Waals surface area (Å²) in [5, 5.41) is 22.5. The van der Waals surface area contributed by atoms with E-state index in [4.69, 9.17) is 9.47 Å². The maximum Gasteiger partial charge on any atom is 0.275 e. The SMILES string of the molecule is COc1cc(OC)cc(C2(O)CCN(Cc3c(Br)cccc3[N+](=O)[O-])CC2)c1. The fourth-order valence-corrected chi connectivity index (χ4v) is 4.03. The molecule has 0 spiro atoms. The van der Waals surface area contributed by atoms with E-state index < -0.39 is 5.60 Å². The molecule has 8 heteroatoms. The van der Waals surface area contributed by atoms with E-state index >= 15 is 0 Å². The smallest absolute Gasteiger partial charge is 0.275 e. The van der Waals surface area contributed by atoms with Crippen molar-refractivity contribution in [2.75, 3.05) is 27.3 Å². The molecule has 0 radical (unpaired) electrons. The van der Waals surface area contributed by atoms with Crippen molar-refractivity contribution in [1.82, 2.24) is 4.90 Å². The average molecular weight is 451 g/mol. The summed E-state index contributed by atoms with van der Waals surface area (Å²) < 4.78 is 11.3. The zero-order valence-electron chi connectivity index (χ0n) is 15.9. The van der Waals surface area contributed by atoms with Gasteiger partial charge in [-0.15, -0.1) is 0 Å². The lowest BCUT2D eigenvalue weighted by Crippen LogP contribution is -2.42. The summed E-state index contributed by atoms with van der Waals surface area (Å²) >= 11 is 3.42. The number of nitrogens with zero attached hydrogens (tertiary/aromatic N) is 2. The molecule has 0 atom stereocenters. The first-order valence-electron chi connectivity index (χ1n) is 8.96. The summed E-state index contributed by atoms with van der Waals surface area (Å²) in [4.78, 5) is 13.1. The van der Waals surface area contributed by atoms with Crippen molar-refractivity contribution in [3.05, 3.63) is 62.1 Å². The zero-order valence-corrected chi connectivity index (χ0v) is 17.4. The van der Waals surface area contributed by atoms with Crippen LogP contribution in [0.4, 0.5) is 5.69 Å². The standard InChI is InChI=1S/C20H23BrN2O5/c1-27-15-10-14(11-16(12-15)28-2)20(24)6-8-22(9-7-20)13-17-18(21)4-3-5-19(17)23(25)26/h3-5,10-12,24H,6-9,13H2,1-2H3. The Bertz CT molecular complexity index is 843. The van der Waals surface area contributed by atoms with Gasteiger partial charge in [0.1, 0.15) is 11.5 Å². The molecule has 1 N–H and O–H groups in total. The van der Waals surface area contributed by atoms with Crippen molar-refractivity contribution in [2.24, 2.45) is 0 Å². The number of methoxy groups -OCH3 is 2. The van der Waals surface area contributed by atoms with E-state index in [0.29, 0.717) is 49.5 Å². The van der Waals surface area contributed by atoms with E-state index in [1.54, 1.807) is 26.4 Å². The maximum absolute atomic E-state index is 11.3. The molecule has 0 aromatic heterocycles. The van der Waals surface area contributed by atoms with Gasteiger partial charge in [-0.25, -0.2) is 0 Å². The Morgan fingerprint density at radius 2 is 1.79 bits per heavy atom. The predicted molar refractivity (Wildman–Crippen MR) is 109 cm³/mol. The summed E-state index contributed by atoms with van der Waals surface area (Å²) in [5.41, 5.74) is 0.530. The highest BCUT2D eigenvalue weighted by Crippen LogP contribution is 2.38. The monoisotopic (exact) mass is 450 g/mol. The number of ether oxygens (including phenoxy) is 2. The van der Waals surface area contributed by atoms with Crippen LogP contribution in [0.25, 0.3) is 0 Å². The van der Waals surface area contributed by atoms with Gasteiger partial charge in [0.25, 0.3) is 5.69 Å². The molecule has 1 aliphatic heterocycles. The maximum atomic E-state index is 11.3. The molecule has 0 aliphatic carbocycles. The number of nitro benzene ring substituents is 1. The molecule has 150 valence electrons. The van der Waals surface area contributed by atoms with Gasteiger partial charge in [0, 0.05) is 36.2 Å². The fourth-order valence-electron chi connectivity index (χ4n) is 3.54. The lowest BCUT2D eigenvalue weighted by molar-refractivity contribution is -0.385. The molecule has 0 amide bonds. The molecule has 0 saturated carbocycles. The van der Waals surface area contributed by atoms with E-state index in [0.717, 1.165) is 10.0 Å². The lowest BCUT2D eigenvalue weighted by atomic mass is 9.84. The molecule has 1 heterocycles. The van der Waals surface area contributed by atoms with Crippen LogP contribution in [-0.2, 0) is 12.1 Å². The quantitative estimate of drug-likeness (QED) is 0.531. The Balaban J connectivity index is 1.75. The van der Waals surface area contributed by atoms with Gasteiger partial charge in [0.2, 0.25) is 0 Å². The molecule has 0 bridgehead atoms. The minimum atomic E-state index is -0.988. The molecule has 1 aliphatic rings. The predicted octanol–water partition coefficient (Wildman–Crippen LogP) is 3.86. The fraction of sp³-hybridized carbons (Fsp3) is 0.400. The number of hydrogen-bond donors (Lipinski definition) is 1. The normalized spacial score (nSPS) is 16.6. The molecule has 1 saturated heterocycles. The zero-order chi connectivity index (χ0) is 20.3.